The molecule has 0 saturated heterocycles. The van der Waals surface area contributed by atoms with E-state index in [0.29, 0.717) is 17.1 Å². The Hall–Kier alpha value is -1.53. The zero-order valence-corrected chi connectivity index (χ0v) is 13.8. The summed E-state index contributed by atoms with van der Waals surface area (Å²) in [6.45, 7) is 5.72. The SMILES string of the molecule is COC(=O)c1cc(CN(C)C(=O)[C@@H](N)C(C)C)oc1C.Cl. The lowest BCUT2D eigenvalue weighted by Crippen LogP contribution is -2.44. The lowest BCUT2D eigenvalue weighted by molar-refractivity contribution is -0.133. The van der Waals surface area contributed by atoms with Crippen molar-refractivity contribution in [3.05, 3.63) is 23.2 Å². The van der Waals surface area contributed by atoms with Crippen molar-refractivity contribution >= 4 is 24.3 Å². The monoisotopic (exact) mass is 318 g/mol. The normalized spacial score (nSPS) is 11.8. The van der Waals surface area contributed by atoms with Gasteiger partial charge in [-0.15, -0.1) is 12.4 Å². The molecule has 0 saturated carbocycles. The van der Waals surface area contributed by atoms with Crippen LogP contribution in [0.5, 0.6) is 0 Å². The number of aryl methyl sites for hydroxylation is 1. The Morgan fingerprint density at radius 1 is 1.43 bits per heavy atom. The van der Waals surface area contributed by atoms with Gasteiger partial charge in [0.15, 0.2) is 0 Å². The fraction of sp³-hybridized carbons (Fsp3) is 0.571. The topological polar surface area (TPSA) is 85.8 Å². The van der Waals surface area contributed by atoms with E-state index in [2.05, 4.69) is 4.74 Å². The molecule has 0 aromatic carbocycles. The summed E-state index contributed by atoms with van der Waals surface area (Å²) < 4.78 is 10.1. The summed E-state index contributed by atoms with van der Waals surface area (Å²) in [4.78, 5) is 25.0. The van der Waals surface area contributed by atoms with Crippen LogP contribution in [0.15, 0.2) is 10.5 Å². The van der Waals surface area contributed by atoms with Gasteiger partial charge in [-0.3, -0.25) is 4.79 Å². The van der Waals surface area contributed by atoms with E-state index >= 15 is 0 Å². The Balaban J connectivity index is 0.00000400. The highest BCUT2D eigenvalue weighted by Gasteiger charge is 2.23. The van der Waals surface area contributed by atoms with E-state index in [9.17, 15) is 9.59 Å². The second-order valence-electron chi connectivity index (χ2n) is 5.14. The van der Waals surface area contributed by atoms with Crippen molar-refractivity contribution in [3.8, 4) is 0 Å². The Kier molecular flexibility index (Phi) is 7.46. The molecule has 0 unspecified atom stereocenters. The molecule has 21 heavy (non-hydrogen) atoms. The lowest BCUT2D eigenvalue weighted by atomic mass is 10.0. The molecular formula is C14H23ClN2O4. The predicted molar refractivity (Wildman–Crippen MR) is 81.3 cm³/mol. The zero-order chi connectivity index (χ0) is 15.4. The van der Waals surface area contributed by atoms with Gasteiger partial charge in [-0.1, -0.05) is 13.8 Å². The van der Waals surface area contributed by atoms with Crippen LogP contribution in [0, 0.1) is 12.8 Å². The first-order chi connectivity index (χ1) is 9.27. The average molecular weight is 319 g/mol. The molecule has 0 aliphatic carbocycles. The number of likely N-dealkylation sites (N-methyl/N-ethyl adjacent to an activating group) is 1. The molecule has 0 fully saturated rings. The number of methoxy groups -OCH3 is 1. The molecule has 1 aromatic heterocycles. The molecule has 0 aliphatic heterocycles. The molecule has 6 nitrogen and oxygen atoms in total. The number of amides is 1. The third kappa shape index (κ3) is 4.75. The minimum absolute atomic E-state index is 0. The van der Waals surface area contributed by atoms with Crippen LogP contribution in [-0.2, 0) is 16.1 Å². The fourth-order valence-electron chi connectivity index (χ4n) is 1.79. The van der Waals surface area contributed by atoms with Crippen LogP contribution in [0.2, 0.25) is 0 Å². The second-order valence-corrected chi connectivity index (χ2v) is 5.14. The summed E-state index contributed by atoms with van der Waals surface area (Å²) in [6.07, 6.45) is 0. The Morgan fingerprint density at radius 3 is 2.48 bits per heavy atom. The first kappa shape index (κ1) is 19.5. The van der Waals surface area contributed by atoms with Crippen LogP contribution >= 0.6 is 12.4 Å². The highest BCUT2D eigenvalue weighted by molar-refractivity contribution is 5.90. The van der Waals surface area contributed by atoms with Crippen molar-refractivity contribution < 1.29 is 18.7 Å². The first-order valence-electron chi connectivity index (χ1n) is 6.46. The van der Waals surface area contributed by atoms with Gasteiger partial charge in [0, 0.05) is 7.05 Å². The molecule has 0 aliphatic rings. The van der Waals surface area contributed by atoms with Gasteiger partial charge in [0.05, 0.1) is 19.7 Å². The summed E-state index contributed by atoms with van der Waals surface area (Å²) >= 11 is 0. The molecule has 1 aromatic rings. The standard InChI is InChI=1S/C14H22N2O4.ClH/c1-8(2)12(15)13(17)16(4)7-10-6-11(9(3)20-10)14(18)19-5;/h6,8,12H,7,15H2,1-5H3;1H/t12-;/m0./s1. The predicted octanol–water partition coefficient (Wildman–Crippen LogP) is 1.74. The number of carbonyl (C=O) groups excluding carboxylic acids is 2. The minimum atomic E-state index is -0.545. The second kappa shape index (κ2) is 8.05. The molecule has 1 amide bonds. The van der Waals surface area contributed by atoms with Gasteiger partial charge < -0.3 is 19.8 Å². The molecule has 0 spiro atoms. The maximum Gasteiger partial charge on any atom is 0.341 e. The minimum Gasteiger partial charge on any atom is -0.465 e. The van der Waals surface area contributed by atoms with Crippen LogP contribution in [0.25, 0.3) is 0 Å². The van der Waals surface area contributed by atoms with Crippen molar-refractivity contribution in [1.29, 1.82) is 0 Å². The van der Waals surface area contributed by atoms with E-state index in [1.807, 2.05) is 13.8 Å². The van der Waals surface area contributed by atoms with Gasteiger partial charge >= 0.3 is 5.97 Å². The van der Waals surface area contributed by atoms with Crippen molar-refractivity contribution in [2.45, 2.75) is 33.4 Å². The van der Waals surface area contributed by atoms with Crippen molar-refractivity contribution in [2.75, 3.05) is 14.2 Å². The quantitative estimate of drug-likeness (QED) is 0.836. The molecule has 120 valence electrons. The highest BCUT2D eigenvalue weighted by Crippen LogP contribution is 2.17. The van der Waals surface area contributed by atoms with E-state index in [0.717, 1.165) is 0 Å². The number of esters is 1. The Bertz CT molecular complexity index is 499. The van der Waals surface area contributed by atoms with Crippen LogP contribution in [0.3, 0.4) is 0 Å². The van der Waals surface area contributed by atoms with Gasteiger partial charge in [0.2, 0.25) is 5.91 Å². The first-order valence-corrected chi connectivity index (χ1v) is 6.46. The van der Waals surface area contributed by atoms with Crippen LogP contribution in [0.1, 0.15) is 35.7 Å². The number of nitrogens with two attached hydrogens (primary N) is 1. The van der Waals surface area contributed by atoms with Crippen molar-refractivity contribution in [1.82, 2.24) is 4.90 Å². The number of furan rings is 1. The fourth-order valence-corrected chi connectivity index (χ4v) is 1.79. The number of hydrogen-bond donors (Lipinski definition) is 1. The van der Waals surface area contributed by atoms with Crippen LogP contribution < -0.4 is 5.73 Å². The number of carbonyl (C=O) groups is 2. The van der Waals surface area contributed by atoms with E-state index in [4.69, 9.17) is 10.2 Å². The zero-order valence-electron chi connectivity index (χ0n) is 13.0. The largest absolute Gasteiger partial charge is 0.465 e. The maximum absolute atomic E-state index is 12.0. The molecular weight excluding hydrogens is 296 g/mol. The summed E-state index contributed by atoms with van der Waals surface area (Å²) in [5.74, 6) is 0.448. The summed E-state index contributed by atoms with van der Waals surface area (Å²) in [6, 6.07) is 1.04. The smallest absolute Gasteiger partial charge is 0.341 e. The molecule has 1 rings (SSSR count). The summed E-state index contributed by atoms with van der Waals surface area (Å²) in [5.41, 5.74) is 6.20. The van der Waals surface area contributed by atoms with E-state index in [1.54, 1.807) is 20.0 Å². The number of ether oxygens (including phenoxy) is 1. The molecule has 0 radical (unpaired) electrons. The van der Waals surface area contributed by atoms with Gasteiger partial charge in [-0.25, -0.2) is 4.79 Å². The highest BCUT2D eigenvalue weighted by atomic mass is 35.5. The van der Waals surface area contributed by atoms with Gasteiger partial charge in [0.1, 0.15) is 17.1 Å². The molecule has 1 atom stereocenters. The third-order valence-corrected chi connectivity index (χ3v) is 3.15. The number of rotatable bonds is 5. The molecule has 1 heterocycles. The maximum atomic E-state index is 12.0. The van der Waals surface area contributed by atoms with Crippen molar-refractivity contribution in [2.24, 2.45) is 11.7 Å². The van der Waals surface area contributed by atoms with Gasteiger partial charge in [-0.2, -0.15) is 0 Å². The van der Waals surface area contributed by atoms with Crippen molar-refractivity contribution in [3.63, 3.8) is 0 Å². The number of halogens is 1. The summed E-state index contributed by atoms with van der Waals surface area (Å²) in [5, 5.41) is 0. The third-order valence-electron chi connectivity index (χ3n) is 3.15. The Morgan fingerprint density at radius 2 is 2.00 bits per heavy atom. The van der Waals surface area contributed by atoms with E-state index < -0.39 is 12.0 Å². The lowest BCUT2D eigenvalue weighted by Gasteiger charge is -2.22. The average Bonchev–Trinajstić information content (AvgIpc) is 2.76. The summed E-state index contributed by atoms with van der Waals surface area (Å²) in [7, 11) is 2.96. The van der Waals surface area contributed by atoms with E-state index in [1.165, 1.54) is 12.0 Å². The van der Waals surface area contributed by atoms with Gasteiger partial charge in [0.25, 0.3) is 0 Å². The molecule has 7 heteroatoms. The number of hydrogen-bond acceptors (Lipinski definition) is 5. The Labute approximate surface area is 131 Å². The van der Waals surface area contributed by atoms with Crippen LogP contribution in [0.4, 0.5) is 0 Å². The van der Waals surface area contributed by atoms with Crippen LogP contribution in [-0.4, -0.2) is 37.0 Å². The van der Waals surface area contributed by atoms with E-state index in [-0.39, 0.29) is 30.8 Å². The number of nitrogens with zero attached hydrogens (tertiary/aromatic N) is 1. The molecule has 2 N–H and O–H groups in total. The molecule has 0 bridgehead atoms. The van der Waals surface area contributed by atoms with Gasteiger partial charge in [-0.05, 0) is 18.9 Å².